The van der Waals surface area contributed by atoms with Crippen LogP contribution in [0.5, 0.6) is 5.75 Å². The minimum absolute atomic E-state index is 0.0816. The average molecular weight is 477 g/mol. The molecule has 174 valence electrons. The van der Waals surface area contributed by atoms with Crippen molar-refractivity contribution in [3.8, 4) is 5.75 Å². The predicted octanol–water partition coefficient (Wildman–Crippen LogP) is 1.37. The fraction of sp³-hybridized carbons (Fsp3) is 0.364. The van der Waals surface area contributed by atoms with Gasteiger partial charge in [0, 0.05) is 25.7 Å². The Balaban J connectivity index is 1.81. The molecular weight excluding hydrogens is 455 g/mol. The minimum Gasteiger partial charge on any atom is -0.502 e. The summed E-state index contributed by atoms with van der Waals surface area (Å²) in [5.41, 5.74) is -1.53. The maximum Gasteiger partial charge on any atom is 0.296 e. The van der Waals surface area contributed by atoms with Gasteiger partial charge < -0.3 is 15.3 Å². The number of hydrogen-bond donors (Lipinski definition) is 2. The molecule has 2 aliphatic heterocycles. The van der Waals surface area contributed by atoms with Gasteiger partial charge in [-0.25, -0.2) is 4.39 Å². The second-order valence-electron chi connectivity index (χ2n) is 8.51. The van der Waals surface area contributed by atoms with Gasteiger partial charge in [0.2, 0.25) is 5.91 Å². The van der Waals surface area contributed by atoms with Crippen LogP contribution < -0.4 is 15.8 Å². The molecule has 0 unspecified atom stereocenters. The number of aromatic nitrogens is 1. The number of halogens is 2. The highest BCUT2D eigenvalue weighted by molar-refractivity contribution is 6.30. The van der Waals surface area contributed by atoms with Gasteiger partial charge >= 0.3 is 0 Å². The van der Waals surface area contributed by atoms with E-state index < -0.39 is 40.4 Å². The number of carbonyl (C=O) groups is 3. The Labute approximate surface area is 193 Å². The maximum absolute atomic E-state index is 13.5. The summed E-state index contributed by atoms with van der Waals surface area (Å²) in [5.74, 6) is -2.73. The minimum atomic E-state index is -1.35. The van der Waals surface area contributed by atoms with Gasteiger partial charge in [-0.15, -0.1) is 0 Å². The van der Waals surface area contributed by atoms with Crippen LogP contribution in [0.25, 0.3) is 0 Å². The van der Waals surface area contributed by atoms with Crippen LogP contribution in [0.3, 0.4) is 0 Å². The Morgan fingerprint density at radius 1 is 1.27 bits per heavy atom. The number of benzene rings is 1. The average Bonchev–Trinajstić information content (AvgIpc) is 2.96. The first kappa shape index (κ1) is 22.8. The van der Waals surface area contributed by atoms with E-state index in [2.05, 4.69) is 5.32 Å². The number of carbonyl (C=O) groups excluding carboxylic acids is 3. The number of amides is 3. The summed E-state index contributed by atoms with van der Waals surface area (Å²) in [4.78, 5) is 54.2. The first-order valence-corrected chi connectivity index (χ1v) is 10.6. The number of nitrogens with zero attached hydrogens (tertiary/aromatic N) is 3. The smallest absolute Gasteiger partial charge is 0.296 e. The molecule has 1 aromatic heterocycles. The molecule has 0 radical (unpaired) electrons. The fourth-order valence-electron chi connectivity index (χ4n) is 4.38. The van der Waals surface area contributed by atoms with Gasteiger partial charge in [-0.1, -0.05) is 17.7 Å². The molecule has 0 saturated heterocycles. The van der Waals surface area contributed by atoms with Gasteiger partial charge in [-0.2, -0.15) is 0 Å². The van der Waals surface area contributed by atoms with Crippen LogP contribution in [0.4, 0.5) is 10.2 Å². The predicted molar refractivity (Wildman–Crippen MR) is 118 cm³/mol. The van der Waals surface area contributed by atoms with Crippen LogP contribution in [-0.2, 0) is 28.1 Å². The van der Waals surface area contributed by atoms with E-state index in [0.717, 1.165) is 4.57 Å². The molecule has 0 atom stereocenters. The zero-order valence-corrected chi connectivity index (χ0v) is 19.0. The van der Waals surface area contributed by atoms with Crippen LogP contribution in [0, 0.1) is 5.82 Å². The molecule has 2 N–H and O–H groups in total. The van der Waals surface area contributed by atoms with Gasteiger partial charge in [0.1, 0.15) is 23.7 Å². The monoisotopic (exact) mass is 476 g/mol. The van der Waals surface area contributed by atoms with E-state index in [1.807, 2.05) is 0 Å². The number of anilines is 1. The summed E-state index contributed by atoms with van der Waals surface area (Å²) in [6.45, 7) is 3.01. The van der Waals surface area contributed by atoms with Crippen molar-refractivity contribution in [2.45, 2.75) is 32.4 Å². The van der Waals surface area contributed by atoms with Crippen LogP contribution in [0.1, 0.15) is 35.3 Å². The zero-order valence-electron chi connectivity index (χ0n) is 18.2. The summed E-state index contributed by atoms with van der Waals surface area (Å²) in [7, 11) is 1.43. The lowest BCUT2D eigenvalue weighted by Gasteiger charge is -2.31. The highest BCUT2D eigenvalue weighted by Crippen LogP contribution is 2.41. The fourth-order valence-corrected chi connectivity index (χ4v) is 4.58. The standard InChI is InChI=1S/C22H22ClFN4O5/c1-22(2)21(33)27(10-15(29)25-3)18-12-6-7-26(9-11-4-5-14(24)13(23)8-11)19(31)16(12)17(30)20(32)28(18)22/h4-5,8,30H,6-7,9-10H2,1-3H3,(H,25,29). The summed E-state index contributed by atoms with van der Waals surface area (Å²) in [6.07, 6.45) is 0.229. The molecule has 0 bridgehead atoms. The summed E-state index contributed by atoms with van der Waals surface area (Å²) >= 11 is 5.84. The molecule has 2 aromatic rings. The van der Waals surface area contributed by atoms with Crippen LogP contribution in [0.15, 0.2) is 23.0 Å². The van der Waals surface area contributed by atoms with E-state index in [0.29, 0.717) is 11.1 Å². The quantitative estimate of drug-likeness (QED) is 0.692. The molecule has 1 aromatic carbocycles. The lowest BCUT2D eigenvalue weighted by Crippen LogP contribution is -2.43. The van der Waals surface area contributed by atoms with Crippen molar-refractivity contribution in [1.29, 1.82) is 0 Å². The molecule has 0 aliphatic carbocycles. The first-order chi connectivity index (χ1) is 15.5. The SMILES string of the molecule is CNC(=O)CN1C(=O)C(C)(C)n2c1c1c(c(O)c2=O)C(=O)N(Cc2ccc(F)c(Cl)c2)CC1. The zero-order chi connectivity index (χ0) is 24.2. The second-order valence-corrected chi connectivity index (χ2v) is 8.92. The van der Waals surface area contributed by atoms with Crippen molar-refractivity contribution >= 4 is 35.1 Å². The largest absolute Gasteiger partial charge is 0.502 e. The Morgan fingerprint density at radius 3 is 2.61 bits per heavy atom. The number of pyridine rings is 1. The molecule has 33 heavy (non-hydrogen) atoms. The molecule has 2 aliphatic rings. The number of likely N-dealkylation sites (N-methyl/N-ethyl adjacent to an activating group) is 1. The van der Waals surface area contributed by atoms with Gasteiger partial charge in [0.25, 0.3) is 17.4 Å². The van der Waals surface area contributed by atoms with Crippen molar-refractivity contribution in [3.05, 3.63) is 56.1 Å². The van der Waals surface area contributed by atoms with Crippen molar-refractivity contribution in [3.63, 3.8) is 0 Å². The first-order valence-electron chi connectivity index (χ1n) is 10.3. The molecule has 3 heterocycles. The Bertz CT molecular complexity index is 1270. The normalized spacial score (nSPS) is 16.6. The van der Waals surface area contributed by atoms with Crippen LogP contribution in [-0.4, -0.2) is 52.4 Å². The summed E-state index contributed by atoms with van der Waals surface area (Å²) in [5, 5.41) is 13.1. The van der Waals surface area contributed by atoms with E-state index in [9.17, 15) is 28.7 Å². The highest BCUT2D eigenvalue weighted by Gasteiger charge is 2.49. The van der Waals surface area contributed by atoms with E-state index in [1.165, 1.54) is 48.9 Å². The number of nitrogens with one attached hydrogen (secondary N) is 1. The van der Waals surface area contributed by atoms with Crippen LogP contribution in [0.2, 0.25) is 5.02 Å². The lowest BCUT2D eigenvalue weighted by atomic mass is 9.97. The topological polar surface area (TPSA) is 112 Å². The number of hydrogen-bond acceptors (Lipinski definition) is 5. The van der Waals surface area contributed by atoms with Crippen molar-refractivity contribution in [1.82, 2.24) is 14.8 Å². The molecule has 0 spiro atoms. The summed E-state index contributed by atoms with van der Waals surface area (Å²) in [6, 6.07) is 4.10. The molecule has 3 amide bonds. The molecule has 0 saturated carbocycles. The van der Waals surface area contributed by atoms with E-state index in [4.69, 9.17) is 11.6 Å². The molecule has 9 nitrogen and oxygen atoms in total. The Hall–Kier alpha value is -3.40. The maximum atomic E-state index is 13.5. The van der Waals surface area contributed by atoms with E-state index >= 15 is 0 Å². The number of rotatable bonds is 4. The Morgan fingerprint density at radius 2 is 1.97 bits per heavy atom. The van der Waals surface area contributed by atoms with Crippen molar-refractivity contribution < 1.29 is 23.9 Å². The third-order valence-corrected chi connectivity index (χ3v) is 6.37. The van der Waals surface area contributed by atoms with Gasteiger partial charge in [0.15, 0.2) is 5.75 Å². The van der Waals surface area contributed by atoms with E-state index in [1.54, 1.807) is 0 Å². The number of fused-ring (bicyclic) bond motifs is 3. The Kier molecular flexibility index (Phi) is 5.44. The summed E-state index contributed by atoms with van der Waals surface area (Å²) < 4.78 is 14.6. The van der Waals surface area contributed by atoms with Crippen molar-refractivity contribution in [2.75, 3.05) is 25.0 Å². The van der Waals surface area contributed by atoms with E-state index in [-0.39, 0.29) is 42.5 Å². The van der Waals surface area contributed by atoms with Gasteiger partial charge in [-0.05, 0) is 38.0 Å². The highest BCUT2D eigenvalue weighted by atomic mass is 35.5. The van der Waals surface area contributed by atoms with Crippen molar-refractivity contribution in [2.24, 2.45) is 0 Å². The molecular formula is C22H22ClFN4O5. The second kappa shape index (κ2) is 7.87. The molecule has 11 heteroatoms. The van der Waals surface area contributed by atoms with Gasteiger partial charge in [-0.3, -0.25) is 28.6 Å². The van der Waals surface area contributed by atoms with Crippen LogP contribution >= 0.6 is 11.6 Å². The number of aromatic hydroxyl groups is 1. The van der Waals surface area contributed by atoms with Gasteiger partial charge in [0.05, 0.1) is 10.6 Å². The lowest BCUT2D eigenvalue weighted by molar-refractivity contribution is -0.126. The third kappa shape index (κ3) is 3.45. The third-order valence-electron chi connectivity index (χ3n) is 6.08. The molecule has 0 fully saturated rings. The molecule has 4 rings (SSSR count).